The van der Waals surface area contributed by atoms with Gasteiger partial charge in [0.25, 0.3) is 0 Å². The molecule has 5 fully saturated rings. The van der Waals surface area contributed by atoms with E-state index in [1.165, 1.54) is 4.90 Å². The predicted molar refractivity (Wildman–Crippen MR) is 211 cm³/mol. The molecule has 5 aliphatic rings. The van der Waals surface area contributed by atoms with Crippen molar-refractivity contribution in [2.75, 3.05) is 52.4 Å². The molecule has 16 heteroatoms. The number of aliphatic hydroxyl groups is 1. The van der Waals surface area contributed by atoms with Crippen molar-refractivity contribution < 1.29 is 59.4 Å². The first-order valence-electron chi connectivity index (χ1n) is 21.5. The van der Waals surface area contributed by atoms with Gasteiger partial charge in [-0.05, 0) is 117 Å². The number of unbranched alkanes of at least 4 members (excludes halogenated alkanes) is 1. The number of carboxylic acid groups (broad SMARTS) is 5. The van der Waals surface area contributed by atoms with Gasteiger partial charge in [-0.2, -0.15) is 0 Å². The summed E-state index contributed by atoms with van der Waals surface area (Å²) in [4.78, 5) is 76.7. The fourth-order valence-corrected chi connectivity index (χ4v) is 13.1. The number of rotatable bonds is 19. The van der Waals surface area contributed by atoms with Crippen molar-refractivity contribution in [2.45, 2.75) is 128 Å². The Bertz CT molecular complexity index is 1490. The summed E-state index contributed by atoms with van der Waals surface area (Å²) in [7, 11) is 0. The number of carboxylic acids is 5. The van der Waals surface area contributed by atoms with Gasteiger partial charge in [0, 0.05) is 50.6 Å². The van der Waals surface area contributed by atoms with E-state index in [1.54, 1.807) is 9.80 Å². The quantitative estimate of drug-likeness (QED) is 0.0926. The van der Waals surface area contributed by atoms with E-state index in [2.05, 4.69) is 26.1 Å². The van der Waals surface area contributed by atoms with Crippen molar-refractivity contribution in [3.63, 3.8) is 0 Å². The predicted octanol–water partition coefficient (Wildman–Crippen LogP) is 3.16. The Kier molecular flexibility index (Phi) is 14.9. The molecule has 4 aliphatic carbocycles. The largest absolute Gasteiger partial charge is 0.481 e. The molecule has 10 atom stereocenters. The van der Waals surface area contributed by atoms with Crippen LogP contribution in [0.4, 0.5) is 0 Å². The second kappa shape index (κ2) is 18.9. The Morgan fingerprint density at radius 2 is 1.36 bits per heavy atom. The zero-order valence-corrected chi connectivity index (χ0v) is 34.6. The second-order valence-electron chi connectivity index (χ2n) is 19.2. The van der Waals surface area contributed by atoms with Gasteiger partial charge in [0.1, 0.15) is 0 Å². The lowest BCUT2D eigenvalue weighted by molar-refractivity contribution is -0.170. The van der Waals surface area contributed by atoms with E-state index in [1.807, 2.05) is 0 Å². The maximum absolute atomic E-state index is 13.4. The summed E-state index contributed by atoms with van der Waals surface area (Å²) in [5.74, 6) is -3.28. The van der Waals surface area contributed by atoms with Gasteiger partial charge in [-0.1, -0.05) is 27.2 Å². The zero-order chi connectivity index (χ0) is 42.6. The maximum atomic E-state index is 13.4. The summed E-state index contributed by atoms with van der Waals surface area (Å²) in [5, 5.41) is 63.2. The highest BCUT2D eigenvalue weighted by atomic mass is 16.4. The lowest BCUT2D eigenvalue weighted by atomic mass is 9.43. The van der Waals surface area contributed by atoms with E-state index in [-0.39, 0.29) is 87.2 Å². The zero-order valence-electron chi connectivity index (χ0n) is 34.6. The molecule has 16 nitrogen and oxygen atoms in total. The minimum absolute atomic E-state index is 0.0236. The third-order valence-electron chi connectivity index (χ3n) is 15.8. The Morgan fingerprint density at radius 3 is 1.93 bits per heavy atom. The highest BCUT2D eigenvalue weighted by Crippen LogP contribution is 2.68. The topological polar surface area (TPSA) is 246 Å². The number of nitrogens with one attached hydrogen (secondary N) is 1. The summed E-state index contributed by atoms with van der Waals surface area (Å²) in [6.07, 6.45) is 9.36. The molecule has 1 aliphatic heterocycles. The summed E-state index contributed by atoms with van der Waals surface area (Å²) >= 11 is 0. The second-order valence-corrected chi connectivity index (χ2v) is 19.2. The molecule has 1 saturated heterocycles. The summed E-state index contributed by atoms with van der Waals surface area (Å²) in [5.41, 5.74) is -1.35. The molecular weight excluding hydrogens is 752 g/mol. The highest BCUT2D eigenvalue weighted by molar-refractivity contribution is 5.76. The average Bonchev–Trinajstić information content (AvgIpc) is 3.39. The minimum Gasteiger partial charge on any atom is -0.481 e. The van der Waals surface area contributed by atoms with Crippen LogP contribution in [-0.2, 0) is 28.8 Å². The van der Waals surface area contributed by atoms with Gasteiger partial charge in [-0.3, -0.25) is 43.5 Å². The maximum Gasteiger partial charge on any atom is 0.317 e. The Labute approximate surface area is 341 Å². The molecule has 0 aromatic carbocycles. The molecular formula is C42H68N4O12. The summed E-state index contributed by atoms with van der Waals surface area (Å²) in [6.45, 7) is 5.28. The average molecular weight is 821 g/mol. The molecule has 0 spiro atoms. The highest BCUT2D eigenvalue weighted by Gasteiger charge is 2.63. The van der Waals surface area contributed by atoms with E-state index in [4.69, 9.17) is 0 Å². The number of hydrogen-bond acceptors (Lipinski definition) is 10. The van der Waals surface area contributed by atoms with Crippen LogP contribution in [0.25, 0.3) is 0 Å². The Balaban J connectivity index is 1.19. The third-order valence-corrected chi connectivity index (χ3v) is 15.8. The van der Waals surface area contributed by atoms with Crippen LogP contribution in [0.5, 0.6) is 0 Å². The van der Waals surface area contributed by atoms with E-state index < -0.39 is 54.6 Å². The number of aliphatic hydroxyl groups excluding tert-OH is 1. The molecule has 0 bridgehead atoms. The molecule has 328 valence electrons. The minimum atomic E-state index is -1.26. The van der Waals surface area contributed by atoms with Crippen molar-refractivity contribution in [2.24, 2.45) is 46.3 Å². The fraction of sp³-hybridized carbons (Fsp3) is 0.857. The molecule has 5 rings (SSSR count). The van der Waals surface area contributed by atoms with Crippen LogP contribution in [0, 0.1) is 46.3 Å². The van der Waals surface area contributed by atoms with Gasteiger partial charge < -0.3 is 36.0 Å². The van der Waals surface area contributed by atoms with Crippen molar-refractivity contribution >= 4 is 35.8 Å². The van der Waals surface area contributed by atoms with Gasteiger partial charge >= 0.3 is 29.8 Å². The van der Waals surface area contributed by atoms with Gasteiger partial charge in [0.2, 0.25) is 5.91 Å². The van der Waals surface area contributed by atoms with E-state index >= 15 is 0 Å². The van der Waals surface area contributed by atoms with E-state index in [0.29, 0.717) is 48.9 Å². The number of amides is 1. The normalized spacial score (nSPS) is 34.2. The molecule has 1 amide bonds. The summed E-state index contributed by atoms with van der Waals surface area (Å²) < 4.78 is 0. The van der Waals surface area contributed by atoms with Crippen LogP contribution < -0.4 is 5.32 Å². The number of nitrogens with zero attached hydrogens (tertiary/aromatic N) is 3. The van der Waals surface area contributed by atoms with Gasteiger partial charge in [0.15, 0.2) is 0 Å². The molecule has 7 N–H and O–H groups in total. The molecule has 0 aromatic heterocycles. The molecule has 0 radical (unpaired) electrons. The smallest absolute Gasteiger partial charge is 0.317 e. The fourth-order valence-electron chi connectivity index (χ4n) is 13.1. The lowest BCUT2D eigenvalue weighted by Crippen LogP contribution is -2.62. The number of aliphatic carboxylic acids is 5. The van der Waals surface area contributed by atoms with Gasteiger partial charge in [-0.25, -0.2) is 0 Å². The van der Waals surface area contributed by atoms with Crippen molar-refractivity contribution in [3.05, 3.63) is 0 Å². The van der Waals surface area contributed by atoms with Crippen LogP contribution >= 0.6 is 0 Å². The number of carbonyl (C=O) groups excluding carboxylic acids is 1. The number of hydrogen-bond donors (Lipinski definition) is 7. The SMILES string of the molecule is CC(CCC(=O)O)[C@H]1CCC2C3CC[C@@H]4C[C@@H](NC(=O)CCCCC5(N(CC(=O)O)CC(=O)O)CN(CC(=O)O)CCN(CC(=O)O)C5)CC[C@]4(C)C3C[C@H](O)[C@@]21C. The molecule has 1 heterocycles. The number of fused-ring (bicyclic) bond motifs is 5. The first-order valence-corrected chi connectivity index (χ1v) is 21.5. The van der Waals surface area contributed by atoms with Crippen molar-refractivity contribution in [3.8, 4) is 0 Å². The standard InChI is InChI=1S/C42H68N4O12/c1-26(7-12-35(49)50)30-10-11-31-29-9-8-27-18-28(13-15-40(27,2)32(29)19-33(47)41(30,31)3)43-34(48)6-4-5-14-42(46(22-38(55)56)23-39(57)58)24-44(20-36(51)52)16-17-45(25-42)21-37(53)54/h26-33,47H,4-25H2,1-3H3,(H,43,48)(H,49,50)(H,51,52)(H,53,54)(H,55,56)(H,57,58)/t26?,27-,28+,29?,30-,31?,32?,33+,40+,41-/m1/s1. The lowest BCUT2D eigenvalue weighted by Gasteiger charge is -2.62. The van der Waals surface area contributed by atoms with Crippen molar-refractivity contribution in [1.29, 1.82) is 0 Å². The molecule has 0 aromatic rings. The Hall–Kier alpha value is -3.34. The molecule has 4 saturated carbocycles. The first-order chi connectivity index (χ1) is 27.3. The monoisotopic (exact) mass is 820 g/mol. The van der Waals surface area contributed by atoms with Crippen LogP contribution in [0.3, 0.4) is 0 Å². The van der Waals surface area contributed by atoms with Crippen LogP contribution in [0.1, 0.15) is 111 Å². The summed E-state index contributed by atoms with van der Waals surface area (Å²) in [6, 6.07) is 0.0239. The van der Waals surface area contributed by atoms with Crippen LogP contribution in [-0.4, -0.2) is 151 Å². The number of carbonyl (C=O) groups is 6. The van der Waals surface area contributed by atoms with Crippen molar-refractivity contribution in [1.82, 2.24) is 20.0 Å². The third kappa shape index (κ3) is 10.3. The van der Waals surface area contributed by atoms with E-state index in [0.717, 1.165) is 51.4 Å². The molecule has 58 heavy (non-hydrogen) atoms. The van der Waals surface area contributed by atoms with Crippen LogP contribution in [0.2, 0.25) is 0 Å². The van der Waals surface area contributed by atoms with E-state index in [9.17, 15) is 59.4 Å². The van der Waals surface area contributed by atoms with Gasteiger partial charge in [-0.15, -0.1) is 0 Å². The van der Waals surface area contributed by atoms with Gasteiger partial charge in [0.05, 0.1) is 32.3 Å². The molecule has 4 unspecified atom stereocenters. The Morgan fingerprint density at radius 1 is 0.741 bits per heavy atom. The van der Waals surface area contributed by atoms with Crippen LogP contribution in [0.15, 0.2) is 0 Å². The first kappa shape index (κ1) is 45.7.